The summed E-state index contributed by atoms with van der Waals surface area (Å²) in [6.45, 7) is 7.72. The van der Waals surface area contributed by atoms with Gasteiger partial charge in [0.15, 0.2) is 0 Å². The Morgan fingerprint density at radius 2 is 1.00 bits per heavy atom. The number of carbonyl (C=O) groups is 1. The molecule has 5 rings (SSSR count). The van der Waals surface area contributed by atoms with E-state index >= 15 is 0 Å². The topological polar surface area (TPSA) is 26.3 Å². The molecule has 2 nitrogen and oxygen atoms in total. The minimum absolute atomic E-state index is 0.375. The van der Waals surface area contributed by atoms with E-state index in [-0.39, 0.29) is 5.97 Å². The molecule has 0 aromatic heterocycles. The van der Waals surface area contributed by atoms with Crippen LogP contribution in [0, 0.1) is 0 Å². The number of hydrogen-bond acceptors (Lipinski definition) is 2. The Balaban J connectivity index is 1.48. The predicted octanol–water partition coefficient (Wildman–Crippen LogP) is 9.66. The largest absolute Gasteiger partial charge is 0.463 e. The summed E-state index contributed by atoms with van der Waals surface area (Å²) >= 11 is 0. The van der Waals surface area contributed by atoms with Gasteiger partial charge in [-0.3, -0.25) is 0 Å². The van der Waals surface area contributed by atoms with Gasteiger partial charge in [0, 0.05) is 6.08 Å². The van der Waals surface area contributed by atoms with Gasteiger partial charge in [-0.25, -0.2) is 4.79 Å². The first-order chi connectivity index (χ1) is 19.7. The second-order valence-electron chi connectivity index (χ2n) is 9.63. The lowest BCUT2D eigenvalue weighted by molar-refractivity contribution is -0.137. The summed E-state index contributed by atoms with van der Waals surface area (Å²) in [6, 6.07) is 43.1. The van der Waals surface area contributed by atoms with Crippen LogP contribution in [-0.4, -0.2) is 12.6 Å². The maximum Gasteiger partial charge on any atom is 0.330 e. The van der Waals surface area contributed by atoms with Crippen LogP contribution in [0.1, 0.15) is 17.5 Å². The molecule has 0 spiro atoms. The van der Waals surface area contributed by atoms with E-state index in [9.17, 15) is 4.79 Å². The first-order valence-electron chi connectivity index (χ1n) is 13.6. The van der Waals surface area contributed by atoms with Crippen LogP contribution in [-0.2, 0) is 16.0 Å². The molecule has 0 saturated carbocycles. The van der Waals surface area contributed by atoms with Crippen molar-refractivity contribution in [3.63, 3.8) is 0 Å². The first-order valence-corrected chi connectivity index (χ1v) is 13.6. The molecule has 0 saturated heterocycles. The van der Waals surface area contributed by atoms with Gasteiger partial charge in [0.25, 0.3) is 0 Å². The number of benzene rings is 5. The molecule has 0 N–H and O–H groups in total. The number of aryl methyl sites for hydroxylation is 1. The van der Waals surface area contributed by atoms with E-state index in [1.807, 2.05) is 6.08 Å². The van der Waals surface area contributed by atoms with Crippen molar-refractivity contribution in [2.24, 2.45) is 0 Å². The monoisotopic (exact) mass is 520 g/mol. The van der Waals surface area contributed by atoms with Crippen LogP contribution in [0.5, 0.6) is 0 Å². The standard InChI is InChI=1S/C38H32O2/c1-3-28-19-23-30(24-20-28)32-13-5-7-15-34(32)36-17-9-10-18-37(36)35-16-8-6-14-33(35)31-25-21-29(22-26-31)12-11-27-40-38(39)4-2/h3-10,13-26H,1-2,11-12,27H2. The van der Waals surface area contributed by atoms with Gasteiger partial charge in [0.2, 0.25) is 0 Å². The Kier molecular flexibility index (Phi) is 8.48. The fourth-order valence-electron chi connectivity index (χ4n) is 5.05. The molecule has 0 unspecified atom stereocenters. The molecule has 2 heteroatoms. The minimum atomic E-state index is -0.375. The lowest BCUT2D eigenvalue weighted by atomic mass is 9.86. The quantitative estimate of drug-likeness (QED) is 0.104. The number of esters is 1. The normalized spacial score (nSPS) is 10.6. The molecule has 0 aliphatic carbocycles. The summed E-state index contributed by atoms with van der Waals surface area (Å²) in [4.78, 5) is 11.3. The van der Waals surface area contributed by atoms with Gasteiger partial charge < -0.3 is 4.74 Å². The van der Waals surface area contributed by atoms with Crippen molar-refractivity contribution in [3.8, 4) is 44.5 Å². The first kappa shape index (κ1) is 26.6. The highest BCUT2D eigenvalue weighted by atomic mass is 16.5. The van der Waals surface area contributed by atoms with Crippen LogP contribution >= 0.6 is 0 Å². The molecule has 0 fully saturated rings. The smallest absolute Gasteiger partial charge is 0.330 e. The predicted molar refractivity (Wildman–Crippen MR) is 168 cm³/mol. The molecule has 0 bridgehead atoms. The average Bonchev–Trinajstić information content (AvgIpc) is 3.03. The van der Waals surface area contributed by atoms with E-state index in [4.69, 9.17) is 4.74 Å². The summed E-state index contributed by atoms with van der Waals surface area (Å²) < 4.78 is 5.10. The second kappa shape index (κ2) is 12.7. The Bertz CT molecular complexity index is 1630. The maximum absolute atomic E-state index is 11.3. The van der Waals surface area contributed by atoms with E-state index in [2.05, 4.69) is 134 Å². The molecule has 0 amide bonds. The SMILES string of the molecule is C=CC(=O)OCCCc1ccc(-c2ccccc2-c2ccccc2-c2ccccc2-c2ccc(C=C)cc2)cc1. The van der Waals surface area contributed by atoms with Gasteiger partial charge in [0.1, 0.15) is 0 Å². The van der Waals surface area contributed by atoms with E-state index < -0.39 is 0 Å². The summed E-state index contributed by atoms with van der Waals surface area (Å²) in [7, 11) is 0. The van der Waals surface area contributed by atoms with Gasteiger partial charge in [-0.05, 0) is 68.5 Å². The van der Waals surface area contributed by atoms with Crippen LogP contribution in [0.25, 0.3) is 50.6 Å². The molecular weight excluding hydrogens is 488 g/mol. The molecule has 5 aromatic carbocycles. The van der Waals surface area contributed by atoms with Crippen molar-refractivity contribution in [1.82, 2.24) is 0 Å². The Labute approximate surface area is 236 Å². The summed E-state index contributed by atoms with van der Waals surface area (Å²) in [5.41, 5.74) is 11.8. The van der Waals surface area contributed by atoms with Crippen LogP contribution in [0.15, 0.2) is 141 Å². The van der Waals surface area contributed by atoms with Crippen molar-refractivity contribution < 1.29 is 9.53 Å². The van der Waals surface area contributed by atoms with E-state index in [0.717, 1.165) is 18.4 Å². The zero-order valence-corrected chi connectivity index (χ0v) is 22.6. The number of rotatable bonds is 10. The number of hydrogen-bond donors (Lipinski definition) is 0. The second-order valence-corrected chi connectivity index (χ2v) is 9.63. The lowest BCUT2D eigenvalue weighted by Gasteiger charge is -2.17. The van der Waals surface area contributed by atoms with Gasteiger partial charge in [-0.2, -0.15) is 0 Å². The summed E-state index contributed by atoms with van der Waals surface area (Å²) in [5.74, 6) is -0.375. The maximum atomic E-state index is 11.3. The third-order valence-electron chi connectivity index (χ3n) is 7.10. The summed E-state index contributed by atoms with van der Waals surface area (Å²) in [5, 5.41) is 0. The Morgan fingerprint density at radius 3 is 1.45 bits per heavy atom. The zero-order valence-electron chi connectivity index (χ0n) is 22.6. The van der Waals surface area contributed by atoms with Gasteiger partial charge in [-0.15, -0.1) is 0 Å². The molecule has 0 heterocycles. The lowest BCUT2D eigenvalue weighted by Crippen LogP contribution is -2.02. The molecule has 40 heavy (non-hydrogen) atoms. The molecule has 0 aliphatic heterocycles. The van der Waals surface area contributed by atoms with E-state index in [1.54, 1.807) is 0 Å². The summed E-state index contributed by atoms with van der Waals surface area (Å²) in [6.07, 6.45) is 4.69. The zero-order chi connectivity index (χ0) is 27.7. The Morgan fingerprint density at radius 1 is 0.575 bits per heavy atom. The fourth-order valence-corrected chi connectivity index (χ4v) is 5.05. The third-order valence-corrected chi connectivity index (χ3v) is 7.10. The van der Waals surface area contributed by atoms with Crippen molar-refractivity contribution in [2.75, 3.05) is 6.61 Å². The van der Waals surface area contributed by atoms with Crippen LogP contribution < -0.4 is 0 Å². The van der Waals surface area contributed by atoms with Crippen molar-refractivity contribution in [2.45, 2.75) is 12.8 Å². The van der Waals surface area contributed by atoms with Crippen molar-refractivity contribution >= 4 is 12.0 Å². The molecule has 0 atom stereocenters. The highest BCUT2D eigenvalue weighted by Crippen LogP contribution is 2.41. The fraction of sp³-hybridized carbons (Fsp3) is 0.0789. The molecular formula is C38H32O2. The number of carbonyl (C=O) groups excluding carboxylic acids is 1. The van der Waals surface area contributed by atoms with Crippen molar-refractivity contribution in [1.29, 1.82) is 0 Å². The van der Waals surface area contributed by atoms with Crippen LogP contribution in [0.3, 0.4) is 0 Å². The Hall–Kier alpha value is -4.95. The van der Waals surface area contributed by atoms with Gasteiger partial charge in [-0.1, -0.05) is 141 Å². The van der Waals surface area contributed by atoms with E-state index in [1.165, 1.54) is 56.1 Å². The van der Waals surface area contributed by atoms with Gasteiger partial charge in [0.05, 0.1) is 6.61 Å². The highest BCUT2D eigenvalue weighted by molar-refractivity contribution is 5.95. The number of ether oxygens (including phenoxy) is 1. The van der Waals surface area contributed by atoms with Crippen molar-refractivity contribution in [3.05, 3.63) is 152 Å². The molecule has 5 aromatic rings. The molecule has 196 valence electrons. The van der Waals surface area contributed by atoms with Crippen LogP contribution in [0.2, 0.25) is 0 Å². The molecule has 0 radical (unpaired) electrons. The van der Waals surface area contributed by atoms with Crippen LogP contribution in [0.4, 0.5) is 0 Å². The van der Waals surface area contributed by atoms with Gasteiger partial charge >= 0.3 is 5.97 Å². The van der Waals surface area contributed by atoms with E-state index in [0.29, 0.717) is 6.61 Å². The minimum Gasteiger partial charge on any atom is -0.463 e. The average molecular weight is 521 g/mol. The molecule has 0 aliphatic rings. The highest BCUT2D eigenvalue weighted by Gasteiger charge is 2.15. The third kappa shape index (κ3) is 6.03.